The monoisotopic (exact) mass is 250 g/mol. The first-order valence-corrected chi connectivity index (χ1v) is 6.65. The van der Waals surface area contributed by atoms with E-state index in [0.717, 1.165) is 26.2 Å². The SMILES string of the molecule is CCN(CC)c1nc(N)nc(N2CCC(C)C2)n1. The predicted octanol–water partition coefficient (Wildman–Crippen LogP) is 1.15. The molecular weight excluding hydrogens is 228 g/mol. The van der Waals surface area contributed by atoms with E-state index in [2.05, 4.69) is 45.5 Å². The van der Waals surface area contributed by atoms with Crippen molar-refractivity contribution in [1.29, 1.82) is 0 Å². The standard InChI is InChI=1S/C12H22N6/c1-4-17(5-2)11-14-10(13)15-12(16-11)18-7-6-9(3)8-18/h9H,4-8H2,1-3H3,(H2,13,14,15,16). The topological polar surface area (TPSA) is 71.2 Å². The van der Waals surface area contributed by atoms with Gasteiger partial charge in [0.05, 0.1) is 0 Å². The number of anilines is 3. The molecule has 1 saturated heterocycles. The molecule has 0 spiro atoms. The minimum Gasteiger partial charge on any atom is -0.368 e. The fourth-order valence-electron chi connectivity index (χ4n) is 2.28. The molecule has 0 saturated carbocycles. The molecule has 18 heavy (non-hydrogen) atoms. The van der Waals surface area contributed by atoms with Gasteiger partial charge in [-0.1, -0.05) is 6.92 Å². The van der Waals surface area contributed by atoms with Crippen molar-refractivity contribution in [3.8, 4) is 0 Å². The van der Waals surface area contributed by atoms with E-state index in [1.165, 1.54) is 6.42 Å². The average Bonchev–Trinajstić information content (AvgIpc) is 2.77. The number of hydrogen-bond acceptors (Lipinski definition) is 6. The highest BCUT2D eigenvalue weighted by atomic mass is 15.4. The molecule has 100 valence electrons. The number of nitrogens with zero attached hydrogens (tertiary/aromatic N) is 5. The van der Waals surface area contributed by atoms with Gasteiger partial charge in [-0.2, -0.15) is 15.0 Å². The lowest BCUT2D eigenvalue weighted by molar-refractivity contribution is 0.657. The number of nitrogen functional groups attached to an aromatic ring is 1. The highest BCUT2D eigenvalue weighted by molar-refractivity contribution is 5.44. The Morgan fingerprint density at radius 1 is 1.28 bits per heavy atom. The van der Waals surface area contributed by atoms with Gasteiger partial charge in [-0.3, -0.25) is 0 Å². The van der Waals surface area contributed by atoms with Crippen LogP contribution in [-0.4, -0.2) is 41.1 Å². The van der Waals surface area contributed by atoms with Gasteiger partial charge in [-0.25, -0.2) is 0 Å². The van der Waals surface area contributed by atoms with Gasteiger partial charge in [-0.15, -0.1) is 0 Å². The predicted molar refractivity (Wildman–Crippen MR) is 73.8 cm³/mol. The minimum atomic E-state index is 0.307. The van der Waals surface area contributed by atoms with Gasteiger partial charge in [-0.05, 0) is 26.2 Å². The summed E-state index contributed by atoms with van der Waals surface area (Å²) in [6.45, 7) is 10.2. The number of rotatable bonds is 4. The normalized spacial score (nSPS) is 19.3. The molecule has 0 aromatic carbocycles. The van der Waals surface area contributed by atoms with Gasteiger partial charge >= 0.3 is 0 Å². The molecule has 0 amide bonds. The largest absolute Gasteiger partial charge is 0.368 e. The van der Waals surface area contributed by atoms with Crippen molar-refractivity contribution in [2.75, 3.05) is 41.7 Å². The lowest BCUT2D eigenvalue weighted by atomic mass is 10.2. The van der Waals surface area contributed by atoms with Gasteiger partial charge in [0.25, 0.3) is 0 Å². The van der Waals surface area contributed by atoms with Crippen molar-refractivity contribution in [2.45, 2.75) is 27.2 Å². The second-order valence-electron chi connectivity index (χ2n) is 4.81. The van der Waals surface area contributed by atoms with Gasteiger partial charge < -0.3 is 15.5 Å². The van der Waals surface area contributed by atoms with Crippen LogP contribution >= 0.6 is 0 Å². The molecule has 1 aliphatic heterocycles. The summed E-state index contributed by atoms with van der Waals surface area (Å²) in [4.78, 5) is 17.3. The summed E-state index contributed by atoms with van der Waals surface area (Å²) >= 11 is 0. The maximum Gasteiger partial charge on any atom is 0.231 e. The van der Waals surface area contributed by atoms with Crippen LogP contribution < -0.4 is 15.5 Å². The van der Waals surface area contributed by atoms with Gasteiger partial charge in [0.15, 0.2) is 0 Å². The van der Waals surface area contributed by atoms with Crippen LogP contribution in [0.4, 0.5) is 17.8 Å². The Kier molecular flexibility index (Phi) is 3.84. The Balaban J connectivity index is 2.26. The summed E-state index contributed by atoms with van der Waals surface area (Å²) in [7, 11) is 0. The Morgan fingerprint density at radius 3 is 2.56 bits per heavy atom. The summed E-state index contributed by atoms with van der Waals surface area (Å²) < 4.78 is 0. The van der Waals surface area contributed by atoms with Gasteiger partial charge in [0, 0.05) is 26.2 Å². The number of aromatic nitrogens is 3. The zero-order chi connectivity index (χ0) is 13.1. The van der Waals surface area contributed by atoms with Crippen LogP contribution in [0.2, 0.25) is 0 Å². The highest BCUT2D eigenvalue weighted by Gasteiger charge is 2.22. The Hall–Kier alpha value is -1.59. The van der Waals surface area contributed by atoms with Crippen LogP contribution in [0.15, 0.2) is 0 Å². The van der Waals surface area contributed by atoms with Crippen molar-refractivity contribution >= 4 is 17.8 Å². The smallest absolute Gasteiger partial charge is 0.231 e. The quantitative estimate of drug-likeness (QED) is 0.864. The third-order valence-corrected chi connectivity index (χ3v) is 3.38. The van der Waals surface area contributed by atoms with E-state index >= 15 is 0 Å². The first-order valence-electron chi connectivity index (χ1n) is 6.65. The molecule has 1 aromatic heterocycles. The molecule has 1 aromatic rings. The van der Waals surface area contributed by atoms with E-state index in [-0.39, 0.29) is 0 Å². The lowest BCUT2D eigenvalue weighted by Crippen LogP contribution is -2.28. The molecule has 2 rings (SSSR count). The Morgan fingerprint density at radius 2 is 2.00 bits per heavy atom. The molecule has 0 aliphatic carbocycles. The first-order chi connectivity index (χ1) is 8.63. The molecule has 2 N–H and O–H groups in total. The van der Waals surface area contributed by atoms with Crippen LogP contribution in [0.3, 0.4) is 0 Å². The average molecular weight is 250 g/mol. The molecule has 6 nitrogen and oxygen atoms in total. The van der Waals surface area contributed by atoms with E-state index in [1.54, 1.807) is 0 Å². The third kappa shape index (κ3) is 2.63. The zero-order valence-corrected chi connectivity index (χ0v) is 11.4. The van der Waals surface area contributed by atoms with E-state index in [4.69, 9.17) is 5.73 Å². The number of nitrogens with two attached hydrogens (primary N) is 1. The molecule has 6 heteroatoms. The molecule has 1 aliphatic rings. The van der Waals surface area contributed by atoms with Crippen molar-refractivity contribution in [1.82, 2.24) is 15.0 Å². The van der Waals surface area contributed by atoms with Gasteiger partial charge in [0.2, 0.25) is 17.8 Å². The van der Waals surface area contributed by atoms with Crippen LogP contribution in [0.25, 0.3) is 0 Å². The van der Waals surface area contributed by atoms with E-state index in [9.17, 15) is 0 Å². The maximum absolute atomic E-state index is 5.79. The molecule has 2 heterocycles. The lowest BCUT2D eigenvalue weighted by Gasteiger charge is -2.21. The molecule has 1 atom stereocenters. The molecule has 1 unspecified atom stereocenters. The summed E-state index contributed by atoms with van der Waals surface area (Å²) in [5, 5.41) is 0. The van der Waals surface area contributed by atoms with E-state index < -0.39 is 0 Å². The molecule has 0 bridgehead atoms. The summed E-state index contributed by atoms with van der Waals surface area (Å²) in [5.41, 5.74) is 5.79. The fraction of sp³-hybridized carbons (Fsp3) is 0.750. The van der Waals surface area contributed by atoms with Crippen LogP contribution in [0, 0.1) is 5.92 Å². The van der Waals surface area contributed by atoms with Crippen molar-refractivity contribution < 1.29 is 0 Å². The maximum atomic E-state index is 5.79. The first kappa shape index (κ1) is 12.9. The molecule has 0 radical (unpaired) electrons. The Bertz CT molecular complexity index is 404. The fourth-order valence-corrected chi connectivity index (χ4v) is 2.28. The van der Waals surface area contributed by atoms with Gasteiger partial charge in [0.1, 0.15) is 0 Å². The molecule has 1 fully saturated rings. The van der Waals surface area contributed by atoms with E-state index in [0.29, 0.717) is 23.8 Å². The summed E-state index contributed by atoms with van der Waals surface area (Å²) in [6, 6.07) is 0. The van der Waals surface area contributed by atoms with Crippen molar-refractivity contribution in [3.63, 3.8) is 0 Å². The molecular formula is C12H22N6. The zero-order valence-electron chi connectivity index (χ0n) is 11.4. The Labute approximate surface area is 108 Å². The number of hydrogen-bond donors (Lipinski definition) is 1. The van der Waals surface area contributed by atoms with E-state index in [1.807, 2.05) is 0 Å². The highest BCUT2D eigenvalue weighted by Crippen LogP contribution is 2.22. The van der Waals surface area contributed by atoms with Crippen molar-refractivity contribution in [2.24, 2.45) is 5.92 Å². The minimum absolute atomic E-state index is 0.307. The van der Waals surface area contributed by atoms with Crippen LogP contribution in [0.5, 0.6) is 0 Å². The third-order valence-electron chi connectivity index (χ3n) is 3.38. The van der Waals surface area contributed by atoms with Crippen LogP contribution in [-0.2, 0) is 0 Å². The van der Waals surface area contributed by atoms with Crippen molar-refractivity contribution in [3.05, 3.63) is 0 Å². The summed E-state index contributed by atoms with van der Waals surface area (Å²) in [6.07, 6.45) is 1.19. The van der Waals surface area contributed by atoms with Crippen LogP contribution in [0.1, 0.15) is 27.2 Å². The second kappa shape index (κ2) is 5.37. The second-order valence-corrected chi connectivity index (χ2v) is 4.81. The summed E-state index contributed by atoms with van der Waals surface area (Å²) in [5.74, 6) is 2.40.